The highest BCUT2D eigenvalue weighted by molar-refractivity contribution is 6.32. The summed E-state index contributed by atoms with van der Waals surface area (Å²) in [4.78, 5) is 11.4. The van der Waals surface area contributed by atoms with Gasteiger partial charge in [-0.2, -0.15) is 10.2 Å². The van der Waals surface area contributed by atoms with Crippen molar-refractivity contribution in [1.29, 1.82) is 0 Å². The number of hydrogen-bond donors (Lipinski definition) is 2. The Morgan fingerprint density at radius 3 is 2.95 bits per heavy atom. The minimum atomic E-state index is -0.407. The second-order valence-corrected chi connectivity index (χ2v) is 5.26. The van der Waals surface area contributed by atoms with E-state index in [9.17, 15) is 4.79 Å². The highest BCUT2D eigenvalue weighted by atomic mass is 35.5. The van der Waals surface area contributed by atoms with Crippen molar-refractivity contribution in [1.82, 2.24) is 20.0 Å². The molecular formula is C15H14ClN5O. The van der Waals surface area contributed by atoms with Crippen LogP contribution < -0.4 is 10.9 Å². The lowest BCUT2D eigenvalue weighted by Gasteiger charge is -2.08. The summed E-state index contributed by atoms with van der Waals surface area (Å²) in [6, 6.07) is 8.08. The number of nitrogens with zero attached hydrogens (tertiary/aromatic N) is 3. The third-order valence-corrected chi connectivity index (χ3v) is 3.62. The van der Waals surface area contributed by atoms with Crippen molar-refractivity contribution in [3.8, 4) is 11.1 Å². The van der Waals surface area contributed by atoms with E-state index in [1.54, 1.807) is 4.68 Å². The van der Waals surface area contributed by atoms with E-state index < -0.39 is 5.56 Å². The van der Waals surface area contributed by atoms with Gasteiger partial charge in [0.2, 0.25) is 0 Å². The molecule has 22 heavy (non-hydrogen) atoms. The van der Waals surface area contributed by atoms with Gasteiger partial charge < -0.3 is 5.32 Å². The number of anilines is 1. The molecule has 6 nitrogen and oxygen atoms in total. The van der Waals surface area contributed by atoms with Crippen LogP contribution in [0.25, 0.3) is 11.1 Å². The molecule has 7 heteroatoms. The molecule has 3 rings (SSSR count). The number of aromatic nitrogens is 4. The monoisotopic (exact) mass is 315 g/mol. The van der Waals surface area contributed by atoms with Crippen LogP contribution in [0.5, 0.6) is 0 Å². The summed E-state index contributed by atoms with van der Waals surface area (Å²) in [5.74, 6) is 0. The van der Waals surface area contributed by atoms with Crippen molar-refractivity contribution in [3.63, 3.8) is 0 Å². The summed E-state index contributed by atoms with van der Waals surface area (Å²) in [6.07, 6.45) is 5.28. The van der Waals surface area contributed by atoms with E-state index >= 15 is 0 Å². The van der Waals surface area contributed by atoms with Crippen molar-refractivity contribution in [3.05, 3.63) is 63.8 Å². The van der Waals surface area contributed by atoms with Crippen molar-refractivity contribution >= 4 is 17.3 Å². The van der Waals surface area contributed by atoms with Gasteiger partial charge in [0.05, 0.1) is 18.1 Å². The SMILES string of the molecule is Cn1cc(-c2cccc(CNc3cn[nH]c(=O)c3Cl)c2)cn1. The Morgan fingerprint density at radius 2 is 2.18 bits per heavy atom. The van der Waals surface area contributed by atoms with Crippen LogP contribution in [0.2, 0.25) is 5.02 Å². The van der Waals surface area contributed by atoms with Crippen LogP contribution in [-0.4, -0.2) is 20.0 Å². The van der Waals surface area contributed by atoms with Gasteiger partial charge in [-0.25, -0.2) is 5.10 Å². The van der Waals surface area contributed by atoms with Crippen molar-refractivity contribution < 1.29 is 0 Å². The molecule has 0 saturated carbocycles. The Labute approximate surface area is 131 Å². The molecule has 0 fully saturated rings. The van der Waals surface area contributed by atoms with Crippen LogP contribution in [0.3, 0.4) is 0 Å². The number of aromatic amines is 1. The predicted molar refractivity (Wildman–Crippen MR) is 85.8 cm³/mol. The topological polar surface area (TPSA) is 75.6 Å². The fourth-order valence-electron chi connectivity index (χ4n) is 2.14. The fraction of sp³-hybridized carbons (Fsp3) is 0.133. The zero-order chi connectivity index (χ0) is 15.5. The molecule has 2 heterocycles. The van der Waals surface area contributed by atoms with Crippen LogP contribution in [0.1, 0.15) is 5.56 Å². The van der Waals surface area contributed by atoms with Crippen molar-refractivity contribution in [2.75, 3.05) is 5.32 Å². The van der Waals surface area contributed by atoms with E-state index in [0.29, 0.717) is 12.2 Å². The van der Waals surface area contributed by atoms with E-state index in [1.165, 1.54) is 6.20 Å². The highest BCUT2D eigenvalue weighted by Gasteiger charge is 2.05. The quantitative estimate of drug-likeness (QED) is 0.775. The van der Waals surface area contributed by atoms with E-state index in [4.69, 9.17) is 11.6 Å². The number of aryl methyl sites for hydroxylation is 1. The minimum absolute atomic E-state index is 0.110. The molecule has 1 aromatic carbocycles. The number of rotatable bonds is 4. The molecule has 0 amide bonds. The molecule has 0 aliphatic carbocycles. The van der Waals surface area contributed by atoms with Crippen LogP contribution in [0, 0.1) is 0 Å². The number of benzene rings is 1. The third kappa shape index (κ3) is 3.01. The first-order chi connectivity index (χ1) is 10.6. The van der Waals surface area contributed by atoms with E-state index in [1.807, 2.05) is 37.6 Å². The molecule has 3 aromatic rings. The number of nitrogens with one attached hydrogen (secondary N) is 2. The number of H-pyrrole nitrogens is 1. The maximum atomic E-state index is 11.4. The lowest BCUT2D eigenvalue weighted by Crippen LogP contribution is -2.11. The maximum absolute atomic E-state index is 11.4. The molecule has 0 aliphatic heterocycles. The Morgan fingerprint density at radius 1 is 1.32 bits per heavy atom. The first kappa shape index (κ1) is 14.3. The molecule has 2 N–H and O–H groups in total. The first-order valence-electron chi connectivity index (χ1n) is 6.68. The summed E-state index contributed by atoms with van der Waals surface area (Å²) < 4.78 is 1.77. The molecule has 0 radical (unpaired) electrons. The molecule has 112 valence electrons. The average Bonchev–Trinajstić information content (AvgIpc) is 2.96. The Balaban J connectivity index is 1.79. The van der Waals surface area contributed by atoms with Crippen LogP contribution in [0.4, 0.5) is 5.69 Å². The van der Waals surface area contributed by atoms with E-state index in [0.717, 1.165) is 16.7 Å². The lowest BCUT2D eigenvalue weighted by atomic mass is 10.1. The molecule has 0 saturated heterocycles. The predicted octanol–water partition coefficient (Wildman–Crippen LogP) is 2.44. The van der Waals surface area contributed by atoms with Crippen LogP contribution >= 0.6 is 11.6 Å². The molecule has 0 unspecified atom stereocenters. The third-order valence-electron chi connectivity index (χ3n) is 3.24. The van der Waals surface area contributed by atoms with E-state index in [-0.39, 0.29) is 5.02 Å². The second-order valence-electron chi connectivity index (χ2n) is 4.88. The summed E-state index contributed by atoms with van der Waals surface area (Å²) in [6.45, 7) is 0.541. The van der Waals surface area contributed by atoms with Gasteiger partial charge in [-0.3, -0.25) is 9.48 Å². The fourth-order valence-corrected chi connectivity index (χ4v) is 2.29. The standard InChI is InChI=1S/C15H14ClN5O/c1-21-9-12(7-19-21)11-4-2-3-10(5-11)6-17-13-8-18-20-15(22)14(13)16/h2-5,7-9H,6H2,1H3,(H2,17,20,22). The Bertz CT molecular complexity index is 855. The number of halogens is 1. The zero-order valence-corrected chi connectivity index (χ0v) is 12.6. The summed E-state index contributed by atoms with van der Waals surface area (Å²) in [5, 5.41) is 13.4. The smallest absolute Gasteiger partial charge is 0.285 e. The molecule has 0 atom stereocenters. The van der Waals surface area contributed by atoms with Crippen LogP contribution in [0.15, 0.2) is 47.7 Å². The number of hydrogen-bond acceptors (Lipinski definition) is 4. The van der Waals surface area contributed by atoms with Crippen molar-refractivity contribution in [2.45, 2.75) is 6.54 Å². The Hall–Kier alpha value is -2.60. The normalized spacial score (nSPS) is 10.6. The first-order valence-corrected chi connectivity index (χ1v) is 7.06. The molecule has 0 aliphatic rings. The van der Waals surface area contributed by atoms with Gasteiger partial charge in [0.1, 0.15) is 5.02 Å². The summed E-state index contributed by atoms with van der Waals surface area (Å²) in [7, 11) is 1.89. The van der Waals surface area contributed by atoms with Gasteiger partial charge >= 0.3 is 0 Å². The van der Waals surface area contributed by atoms with E-state index in [2.05, 4.69) is 26.7 Å². The highest BCUT2D eigenvalue weighted by Crippen LogP contribution is 2.21. The zero-order valence-electron chi connectivity index (χ0n) is 11.9. The van der Waals surface area contributed by atoms with Gasteiger partial charge in [0, 0.05) is 25.4 Å². The second kappa shape index (κ2) is 6.03. The Kier molecular flexibility index (Phi) is 3.93. The molecule has 0 bridgehead atoms. The molecule has 2 aromatic heterocycles. The summed E-state index contributed by atoms with van der Waals surface area (Å²) in [5.41, 5.74) is 3.31. The average molecular weight is 316 g/mol. The lowest BCUT2D eigenvalue weighted by molar-refractivity contribution is 0.768. The van der Waals surface area contributed by atoms with Crippen LogP contribution in [-0.2, 0) is 13.6 Å². The largest absolute Gasteiger partial charge is 0.378 e. The molecular weight excluding hydrogens is 302 g/mol. The van der Waals surface area contributed by atoms with Gasteiger partial charge in [0.25, 0.3) is 5.56 Å². The van der Waals surface area contributed by atoms with Gasteiger partial charge in [-0.1, -0.05) is 29.8 Å². The van der Waals surface area contributed by atoms with Gasteiger partial charge in [-0.05, 0) is 17.2 Å². The minimum Gasteiger partial charge on any atom is -0.378 e. The van der Waals surface area contributed by atoms with Gasteiger partial charge in [-0.15, -0.1) is 0 Å². The maximum Gasteiger partial charge on any atom is 0.285 e. The van der Waals surface area contributed by atoms with Gasteiger partial charge in [0.15, 0.2) is 0 Å². The summed E-state index contributed by atoms with van der Waals surface area (Å²) >= 11 is 5.93. The molecule has 0 spiro atoms. The van der Waals surface area contributed by atoms with Crippen molar-refractivity contribution in [2.24, 2.45) is 7.05 Å².